The summed E-state index contributed by atoms with van der Waals surface area (Å²) in [6.07, 6.45) is 1.40. The third-order valence-corrected chi connectivity index (χ3v) is 3.67. The van der Waals surface area contributed by atoms with Crippen LogP contribution in [0.1, 0.15) is 16.1 Å². The number of hydrogen-bond acceptors (Lipinski definition) is 2. The number of aryl methyl sites for hydroxylation is 1. The number of hydrogen-bond donors (Lipinski definition) is 1. The van der Waals surface area contributed by atoms with Crippen LogP contribution in [-0.4, -0.2) is 20.6 Å². The summed E-state index contributed by atoms with van der Waals surface area (Å²) in [7, 11) is 2.02. The molecule has 0 fully saturated rings. The van der Waals surface area contributed by atoms with Crippen molar-refractivity contribution in [1.82, 2.24) is 9.55 Å². The summed E-state index contributed by atoms with van der Waals surface area (Å²) in [5.74, 6) is -0.960. The van der Waals surface area contributed by atoms with Crippen molar-refractivity contribution >= 4 is 16.9 Å². The van der Waals surface area contributed by atoms with Gasteiger partial charge in [-0.2, -0.15) is 0 Å². The molecule has 0 aliphatic carbocycles. The first-order chi connectivity index (χ1) is 9.59. The second-order valence-electron chi connectivity index (χ2n) is 4.77. The number of carboxylic acid groups (broad SMARTS) is 1. The van der Waals surface area contributed by atoms with Gasteiger partial charge < -0.3 is 9.67 Å². The zero-order valence-electron chi connectivity index (χ0n) is 11.3. The largest absolute Gasteiger partial charge is 0.478 e. The van der Waals surface area contributed by atoms with Gasteiger partial charge in [0.15, 0.2) is 0 Å². The maximum Gasteiger partial charge on any atom is 0.337 e. The van der Waals surface area contributed by atoms with Gasteiger partial charge in [-0.3, -0.25) is 4.98 Å². The lowest BCUT2D eigenvalue weighted by molar-refractivity contribution is 0.0696. The first-order valence-electron chi connectivity index (χ1n) is 6.33. The van der Waals surface area contributed by atoms with E-state index in [0.717, 1.165) is 27.9 Å². The number of carboxylic acids is 1. The normalized spacial score (nSPS) is 10.9. The Morgan fingerprint density at radius 3 is 2.60 bits per heavy atom. The quantitative estimate of drug-likeness (QED) is 0.774. The summed E-state index contributed by atoms with van der Waals surface area (Å²) in [5, 5.41) is 10.1. The molecule has 1 N–H and O–H groups in total. The molecule has 0 saturated heterocycles. The molecule has 2 aromatic heterocycles. The minimum atomic E-state index is -0.960. The van der Waals surface area contributed by atoms with Gasteiger partial charge in [0.2, 0.25) is 0 Å². The highest BCUT2D eigenvalue weighted by Crippen LogP contribution is 2.32. The fourth-order valence-electron chi connectivity index (χ4n) is 2.51. The highest BCUT2D eigenvalue weighted by Gasteiger charge is 2.14. The van der Waals surface area contributed by atoms with Crippen LogP contribution in [0.4, 0.5) is 0 Å². The summed E-state index contributed by atoms with van der Waals surface area (Å²) < 4.78 is 2.12. The fraction of sp³-hybridized carbons (Fsp3) is 0.125. The summed E-state index contributed by atoms with van der Waals surface area (Å²) in [6, 6.07) is 11.5. The second kappa shape index (κ2) is 4.49. The van der Waals surface area contributed by atoms with Crippen molar-refractivity contribution in [3.8, 4) is 11.3 Å². The first kappa shape index (κ1) is 12.4. The van der Waals surface area contributed by atoms with Crippen LogP contribution in [0.15, 0.2) is 42.6 Å². The number of rotatable bonds is 2. The van der Waals surface area contributed by atoms with Crippen LogP contribution in [0.2, 0.25) is 0 Å². The molecule has 20 heavy (non-hydrogen) atoms. The SMILES string of the molecule is Cc1c(-c2ccc(C(=O)O)cn2)c2ccccc2n1C. The summed E-state index contributed by atoms with van der Waals surface area (Å²) in [6.45, 7) is 2.04. The van der Waals surface area contributed by atoms with Gasteiger partial charge in [-0.15, -0.1) is 0 Å². The van der Waals surface area contributed by atoms with E-state index in [1.807, 2.05) is 26.1 Å². The molecule has 4 heteroatoms. The lowest BCUT2D eigenvalue weighted by Gasteiger charge is -2.02. The van der Waals surface area contributed by atoms with Crippen molar-refractivity contribution in [2.45, 2.75) is 6.92 Å². The molecule has 0 bridgehead atoms. The van der Waals surface area contributed by atoms with E-state index in [2.05, 4.69) is 21.7 Å². The van der Waals surface area contributed by atoms with Crippen molar-refractivity contribution in [3.63, 3.8) is 0 Å². The molecule has 3 aromatic rings. The number of pyridine rings is 1. The molecule has 4 nitrogen and oxygen atoms in total. The molecule has 0 saturated carbocycles. The molecule has 0 amide bonds. The minimum Gasteiger partial charge on any atom is -0.478 e. The van der Waals surface area contributed by atoms with E-state index in [4.69, 9.17) is 5.11 Å². The zero-order chi connectivity index (χ0) is 14.3. The molecule has 0 aliphatic rings. The zero-order valence-corrected chi connectivity index (χ0v) is 11.3. The highest BCUT2D eigenvalue weighted by atomic mass is 16.4. The number of carbonyl (C=O) groups is 1. The number of aromatic nitrogens is 2. The number of aromatic carboxylic acids is 1. The Kier molecular flexibility index (Phi) is 2.79. The first-order valence-corrected chi connectivity index (χ1v) is 6.33. The Hall–Kier alpha value is -2.62. The maximum absolute atomic E-state index is 10.9. The average molecular weight is 266 g/mol. The van der Waals surface area contributed by atoms with Gasteiger partial charge in [0.25, 0.3) is 0 Å². The molecular weight excluding hydrogens is 252 g/mol. The van der Waals surface area contributed by atoms with Crippen LogP contribution in [0.5, 0.6) is 0 Å². The summed E-state index contributed by atoms with van der Waals surface area (Å²) >= 11 is 0. The van der Waals surface area contributed by atoms with Crippen molar-refractivity contribution in [2.75, 3.05) is 0 Å². The molecule has 0 spiro atoms. The van der Waals surface area contributed by atoms with Gasteiger partial charge >= 0.3 is 5.97 Å². The van der Waals surface area contributed by atoms with E-state index in [-0.39, 0.29) is 5.56 Å². The molecule has 3 rings (SSSR count). The minimum absolute atomic E-state index is 0.201. The molecule has 0 atom stereocenters. The Balaban J connectivity index is 2.24. The van der Waals surface area contributed by atoms with Crippen molar-refractivity contribution in [2.24, 2.45) is 7.05 Å². The summed E-state index contributed by atoms with van der Waals surface area (Å²) in [5.41, 5.74) is 4.31. The molecular formula is C16H14N2O2. The Bertz CT molecular complexity index is 801. The van der Waals surface area contributed by atoms with Crippen LogP contribution in [0.25, 0.3) is 22.2 Å². The fourth-order valence-corrected chi connectivity index (χ4v) is 2.51. The van der Waals surface area contributed by atoms with E-state index >= 15 is 0 Å². The van der Waals surface area contributed by atoms with Crippen LogP contribution >= 0.6 is 0 Å². The van der Waals surface area contributed by atoms with Gasteiger partial charge in [-0.05, 0) is 25.1 Å². The van der Waals surface area contributed by atoms with Gasteiger partial charge in [-0.25, -0.2) is 4.79 Å². The number of benzene rings is 1. The van der Waals surface area contributed by atoms with E-state index in [9.17, 15) is 4.79 Å². The Labute approximate surface area is 116 Å². The average Bonchev–Trinajstić information content (AvgIpc) is 2.72. The lowest BCUT2D eigenvalue weighted by Crippen LogP contribution is -1.97. The smallest absolute Gasteiger partial charge is 0.337 e. The van der Waals surface area contributed by atoms with E-state index in [0.29, 0.717) is 0 Å². The predicted octanol–water partition coefficient (Wildman–Crippen LogP) is 3.25. The van der Waals surface area contributed by atoms with Crippen LogP contribution < -0.4 is 0 Å². The van der Waals surface area contributed by atoms with Crippen molar-refractivity contribution in [1.29, 1.82) is 0 Å². The van der Waals surface area contributed by atoms with E-state index in [1.54, 1.807) is 12.1 Å². The lowest BCUT2D eigenvalue weighted by atomic mass is 10.1. The van der Waals surface area contributed by atoms with Gasteiger partial charge in [0, 0.05) is 35.4 Å². The molecule has 100 valence electrons. The molecule has 0 radical (unpaired) electrons. The third kappa shape index (κ3) is 1.77. The topological polar surface area (TPSA) is 55.1 Å². The molecule has 1 aromatic carbocycles. The van der Waals surface area contributed by atoms with E-state index in [1.165, 1.54) is 6.20 Å². The molecule has 2 heterocycles. The molecule has 0 aliphatic heterocycles. The summed E-state index contributed by atoms with van der Waals surface area (Å²) in [4.78, 5) is 15.2. The van der Waals surface area contributed by atoms with E-state index < -0.39 is 5.97 Å². The van der Waals surface area contributed by atoms with Crippen molar-refractivity contribution in [3.05, 3.63) is 53.9 Å². The van der Waals surface area contributed by atoms with Gasteiger partial charge in [0.05, 0.1) is 11.3 Å². The third-order valence-electron chi connectivity index (χ3n) is 3.67. The Morgan fingerprint density at radius 1 is 1.20 bits per heavy atom. The highest BCUT2D eigenvalue weighted by molar-refractivity contribution is 5.97. The predicted molar refractivity (Wildman–Crippen MR) is 77.8 cm³/mol. The second-order valence-corrected chi connectivity index (χ2v) is 4.77. The number of para-hydroxylation sites is 1. The maximum atomic E-state index is 10.9. The Morgan fingerprint density at radius 2 is 1.95 bits per heavy atom. The van der Waals surface area contributed by atoms with Crippen LogP contribution in [0.3, 0.4) is 0 Å². The number of nitrogens with zero attached hydrogens (tertiary/aromatic N) is 2. The van der Waals surface area contributed by atoms with Gasteiger partial charge in [0.1, 0.15) is 0 Å². The van der Waals surface area contributed by atoms with Crippen LogP contribution in [-0.2, 0) is 7.05 Å². The standard InChI is InChI=1S/C16H14N2O2/c1-10-15(12-5-3-4-6-14(12)18(10)2)13-8-7-11(9-17-13)16(19)20/h3-9H,1-2H3,(H,19,20). The van der Waals surface area contributed by atoms with Crippen molar-refractivity contribution < 1.29 is 9.90 Å². The number of fused-ring (bicyclic) bond motifs is 1. The monoisotopic (exact) mass is 266 g/mol. The van der Waals surface area contributed by atoms with Crippen LogP contribution in [0, 0.1) is 6.92 Å². The molecule has 0 unspecified atom stereocenters. The van der Waals surface area contributed by atoms with Gasteiger partial charge in [-0.1, -0.05) is 18.2 Å².